The Kier molecular flexibility index (Phi) is 6.63. The monoisotopic (exact) mass is 480 g/mol. The summed E-state index contributed by atoms with van der Waals surface area (Å²) in [5, 5.41) is 15.6. The van der Waals surface area contributed by atoms with Gasteiger partial charge in [-0.15, -0.1) is 21.5 Å². The molecular formula is C20H18F2N4O2S3. The first-order valence-corrected chi connectivity index (χ1v) is 12.2. The molecule has 1 aromatic carbocycles. The predicted octanol–water partition coefficient (Wildman–Crippen LogP) is 5.06. The van der Waals surface area contributed by atoms with Gasteiger partial charge >= 0.3 is 0 Å². The fourth-order valence-electron chi connectivity index (χ4n) is 3.55. The fraction of sp³-hybridized carbons (Fsp3) is 0.300. The molecule has 1 aliphatic carbocycles. The van der Waals surface area contributed by atoms with Crippen LogP contribution in [0.3, 0.4) is 0 Å². The van der Waals surface area contributed by atoms with Crippen molar-refractivity contribution in [2.45, 2.75) is 35.4 Å². The maximum Gasteiger partial charge on any atom is 0.237 e. The number of amides is 2. The number of halogens is 2. The molecule has 4 rings (SSSR count). The zero-order chi connectivity index (χ0) is 21.8. The lowest BCUT2D eigenvalue weighted by molar-refractivity contribution is -0.121. The third-order valence-corrected chi connectivity index (χ3v) is 8.09. The first kappa shape index (κ1) is 21.8. The molecule has 11 heteroatoms. The smallest absolute Gasteiger partial charge is 0.237 e. The molecule has 1 fully saturated rings. The average molecular weight is 481 g/mol. The Morgan fingerprint density at radius 3 is 2.65 bits per heavy atom. The Balaban J connectivity index is 1.34. The van der Waals surface area contributed by atoms with Crippen LogP contribution < -0.4 is 10.6 Å². The van der Waals surface area contributed by atoms with Crippen LogP contribution in [0.25, 0.3) is 0 Å². The van der Waals surface area contributed by atoms with Crippen LogP contribution in [0, 0.1) is 11.6 Å². The van der Waals surface area contributed by atoms with Crippen molar-refractivity contribution >= 4 is 57.1 Å². The SMILES string of the molecule is O=C(CSc1nnc(NC(=O)C2(c3cccs3)CCCC2)s1)Nc1ccc(F)cc1F. The van der Waals surface area contributed by atoms with Crippen LogP contribution in [0.4, 0.5) is 19.6 Å². The van der Waals surface area contributed by atoms with Gasteiger partial charge in [-0.25, -0.2) is 8.78 Å². The van der Waals surface area contributed by atoms with Crippen molar-refractivity contribution in [3.63, 3.8) is 0 Å². The molecule has 2 N–H and O–H groups in total. The second kappa shape index (κ2) is 9.41. The van der Waals surface area contributed by atoms with Crippen molar-refractivity contribution in [3.05, 3.63) is 52.2 Å². The highest BCUT2D eigenvalue weighted by molar-refractivity contribution is 8.01. The molecule has 0 bridgehead atoms. The van der Waals surface area contributed by atoms with Gasteiger partial charge in [0, 0.05) is 10.9 Å². The van der Waals surface area contributed by atoms with E-state index in [4.69, 9.17) is 0 Å². The molecule has 1 saturated carbocycles. The number of nitrogens with zero attached hydrogens (tertiary/aromatic N) is 2. The van der Waals surface area contributed by atoms with Crippen LogP contribution in [0.5, 0.6) is 0 Å². The summed E-state index contributed by atoms with van der Waals surface area (Å²) in [6, 6.07) is 6.89. The van der Waals surface area contributed by atoms with E-state index in [0.29, 0.717) is 15.5 Å². The van der Waals surface area contributed by atoms with E-state index in [1.807, 2.05) is 17.5 Å². The molecule has 2 aromatic heterocycles. The minimum absolute atomic E-state index is 0.0292. The lowest BCUT2D eigenvalue weighted by Gasteiger charge is -2.25. The Hall–Kier alpha value is -2.37. The molecule has 0 atom stereocenters. The summed E-state index contributed by atoms with van der Waals surface area (Å²) >= 11 is 3.89. The fourth-order valence-corrected chi connectivity index (χ4v) is 6.08. The van der Waals surface area contributed by atoms with Gasteiger partial charge in [-0.1, -0.05) is 42.0 Å². The molecule has 0 radical (unpaired) electrons. The number of carbonyl (C=O) groups excluding carboxylic acids is 2. The zero-order valence-corrected chi connectivity index (χ0v) is 18.6. The van der Waals surface area contributed by atoms with Gasteiger partial charge in [0.15, 0.2) is 4.34 Å². The van der Waals surface area contributed by atoms with Crippen molar-refractivity contribution in [1.29, 1.82) is 0 Å². The van der Waals surface area contributed by atoms with Crippen LogP contribution in [0.2, 0.25) is 0 Å². The van der Waals surface area contributed by atoms with Crippen molar-refractivity contribution in [2.24, 2.45) is 0 Å². The van der Waals surface area contributed by atoms with Gasteiger partial charge in [0.25, 0.3) is 0 Å². The van der Waals surface area contributed by atoms with E-state index in [-0.39, 0.29) is 17.3 Å². The number of anilines is 2. The quantitative estimate of drug-likeness (QED) is 0.365. The van der Waals surface area contributed by atoms with E-state index in [1.54, 1.807) is 11.3 Å². The van der Waals surface area contributed by atoms with Gasteiger partial charge in [0.05, 0.1) is 16.9 Å². The molecule has 0 unspecified atom stereocenters. The molecule has 0 spiro atoms. The van der Waals surface area contributed by atoms with E-state index in [1.165, 1.54) is 11.3 Å². The summed E-state index contributed by atoms with van der Waals surface area (Å²) in [7, 11) is 0. The number of hydrogen-bond acceptors (Lipinski definition) is 7. The number of nitrogens with one attached hydrogen (secondary N) is 2. The minimum Gasteiger partial charge on any atom is -0.323 e. The molecule has 1 aliphatic rings. The highest BCUT2D eigenvalue weighted by atomic mass is 32.2. The van der Waals surface area contributed by atoms with E-state index in [2.05, 4.69) is 20.8 Å². The first-order chi connectivity index (χ1) is 15.0. The van der Waals surface area contributed by atoms with Gasteiger partial charge in [0.1, 0.15) is 11.6 Å². The van der Waals surface area contributed by atoms with Gasteiger partial charge in [-0.05, 0) is 36.4 Å². The predicted molar refractivity (Wildman–Crippen MR) is 119 cm³/mol. The van der Waals surface area contributed by atoms with Gasteiger partial charge < -0.3 is 5.32 Å². The zero-order valence-electron chi connectivity index (χ0n) is 16.2. The summed E-state index contributed by atoms with van der Waals surface area (Å²) in [6.45, 7) is 0. The van der Waals surface area contributed by atoms with E-state index >= 15 is 0 Å². The maximum absolute atomic E-state index is 13.6. The van der Waals surface area contributed by atoms with E-state index < -0.39 is 23.0 Å². The second-order valence-corrected chi connectivity index (χ2v) is 10.2. The molecule has 0 aliphatic heterocycles. The lowest BCUT2D eigenvalue weighted by atomic mass is 9.83. The number of thioether (sulfide) groups is 1. The summed E-state index contributed by atoms with van der Waals surface area (Å²) in [5.74, 6) is -2.13. The third kappa shape index (κ3) is 4.94. The minimum atomic E-state index is -0.842. The molecule has 2 amide bonds. The summed E-state index contributed by atoms with van der Waals surface area (Å²) < 4.78 is 27.1. The Labute approximate surface area is 189 Å². The van der Waals surface area contributed by atoms with Crippen LogP contribution in [0.15, 0.2) is 40.1 Å². The van der Waals surface area contributed by atoms with Crippen molar-refractivity contribution in [1.82, 2.24) is 10.2 Å². The second-order valence-electron chi connectivity index (χ2n) is 7.05. The van der Waals surface area contributed by atoms with Gasteiger partial charge in [0.2, 0.25) is 16.9 Å². The van der Waals surface area contributed by atoms with Gasteiger partial charge in [-0.2, -0.15) is 0 Å². The van der Waals surface area contributed by atoms with Crippen LogP contribution >= 0.6 is 34.4 Å². The molecule has 3 aromatic rings. The lowest BCUT2D eigenvalue weighted by Crippen LogP contribution is -2.37. The van der Waals surface area contributed by atoms with Crippen LogP contribution in [-0.2, 0) is 15.0 Å². The number of aromatic nitrogens is 2. The van der Waals surface area contributed by atoms with Crippen molar-refractivity contribution in [2.75, 3.05) is 16.4 Å². The Morgan fingerprint density at radius 1 is 1.13 bits per heavy atom. The number of benzene rings is 1. The summed E-state index contributed by atoms with van der Waals surface area (Å²) in [6.07, 6.45) is 3.62. The molecular weight excluding hydrogens is 462 g/mol. The largest absolute Gasteiger partial charge is 0.323 e. The van der Waals surface area contributed by atoms with E-state index in [0.717, 1.165) is 54.5 Å². The van der Waals surface area contributed by atoms with Crippen LogP contribution in [-0.4, -0.2) is 27.8 Å². The summed E-state index contributed by atoms with van der Waals surface area (Å²) in [4.78, 5) is 26.2. The number of hydrogen-bond donors (Lipinski definition) is 2. The topological polar surface area (TPSA) is 84.0 Å². The molecule has 162 valence electrons. The van der Waals surface area contributed by atoms with Gasteiger partial charge in [-0.3, -0.25) is 14.9 Å². The summed E-state index contributed by atoms with van der Waals surface area (Å²) in [5.41, 5.74) is -0.612. The maximum atomic E-state index is 13.6. The molecule has 2 heterocycles. The van der Waals surface area contributed by atoms with Crippen molar-refractivity contribution in [3.8, 4) is 0 Å². The number of thiophene rings is 1. The van der Waals surface area contributed by atoms with E-state index in [9.17, 15) is 18.4 Å². The molecule has 0 saturated heterocycles. The first-order valence-electron chi connectivity index (χ1n) is 9.53. The third-order valence-electron chi connectivity index (χ3n) is 5.04. The molecule has 6 nitrogen and oxygen atoms in total. The average Bonchev–Trinajstić information content (AvgIpc) is 3.50. The van der Waals surface area contributed by atoms with Crippen molar-refractivity contribution < 1.29 is 18.4 Å². The van der Waals surface area contributed by atoms with Crippen LogP contribution in [0.1, 0.15) is 30.6 Å². The number of rotatable bonds is 7. The Bertz CT molecular complexity index is 1080. The molecule has 31 heavy (non-hydrogen) atoms. The standard InChI is InChI=1S/C20H18F2N4O2S3/c21-12-5-6-14(13(22)10-12)23-16(27)11-30-19-26-25-18(31-19)24-17(28)20(7-1-2-8-20)15-4-3-9-29-15/h3-6,9-10H,1-2,7-8,11H2,(H,23,27)(H,24,25,28). The number of carbonyl (C=O) groups is 2. The Morgan fingerprint density at radius 2 is 1.94 bits per heavy atom. The normalized spacial score (nSPS) is 15.0. The highest BCUT2D eigenvalue weighted by Gasteiger charge is 2.43. The highest BCUT2D eigenvalue weighted by Crippen LogP contribution is 2.44.